The van der Waals surface area contributed by atoms with Crippen molar-refractivity contribution in [1.82, 2.24) is 10.3 Å². The van der Waals surface area contributed by atoms with Crippen molar-refractivity contribution in [2.75, 3.05) is 18.0 Å². The molecule has 1 aromatic heterocycles. The maximum Gasteiger partial charge on any atom is 0.133 e. The van der Waals surface area contributed by atoms with E-state index in [0.29, 0.717) is 6.04 Å². The predicted molar refractivity (Wildman–Crippen MR) is 84.5 cm³/mol. The molecule has 1 aliphatic heterocycles. The van der Waals surface area contributed by atoms with Gasteiger partial charge in [-0.1, -0.05) is 13.8 Å². The minimum absolute atomic E-state index is 0.581. The fraction of sp³-hybridized carbons (Fsp3) is 0.667. The summed E-state index contributed by atoms with van der Waals surface area (Å²) in [5.41, 5.74) is 1.29. The number of rotatable bonds is 4. The number of nitrogens with zero attached hydrogens (tertiary/aromatic N) is 2. The third kappa shape index (κ3) is 3.69. The number of pyridine rings is 1. The van der Waals surface area contributed by atoms with Gasteiger partial charge >= 0.3 is 0 Å². The first kappa shape index (κ1) is 14.8. The molecule has 2 rings (SSSR count). The highest BCUT2D eigenvalue weighted by Gasteiger charge is 2.25. The molecule has 4 heteroatoms. The van der Waals surface area contributed by atoms with E-state index in [1.165, 1.54) is 18.4 Å². The molecule has 0 spiro atoms. The molecule has 1 fully saturated rings. The van der Waals surface area contributed by atoms with E-state index in [1.54, 1.807) is 0 Å². The second-order valence-corrected chi connectivity index (χ2v) is 6.50. The van der Waals surface area contributed by atoms with Gasteiger partial charge < -0.3 is 10.2 Å². The van der Waals surface area contributed by atoms with Crippen molar-refractivity contribution in [3.8, 4) is 0 Å². The van der Waals surface area contributed by atoms with Gasteiger partial charge in [0.25, 0.3) is 0 Å². The van der Waals surface area contributed by atoms with Crippen LogP contribution in [-0.4, -0.2) is 24.1 Å². The zero-order valence-corrected chi connectivity index (χ0v) is 13.7. The van der Waals surface area contributed by atoms with Crippen LogP contribution in [0.2, 0.25) is 0 Å². The van der Waals surface area contributed by atoms with Crippen molar-refractivity contribution in [2.24, 2.45) is 5.92 Å². The Hall–Kier alpha value is -0.610. The molecule has 2 atom stereocenters. The summed E-state index contributed by atoms with van der Waals surface area (Å²) >= 11 is 3.53. The van der Waals surface area contributed by atoms with Crippen LogP contribution in [0.4, 0.5) is 5.82 Å². The molecule has 0 aliphatic carbocycles. The Morgan fingerprint density at radius 3 is 2.95 bits per heavy atom. The minimum atomic E-state index is 0.581. The molecule has 0 saturated carbocycles. The van der Waals surface area contributed by atoms with Crippen LogP contribution in [-0.2, 0) is 6.54 Å². The zero-order valence-electron chi connectivity index (χ0n) is 12.1. The van der Waals surface area contributed by atoms with Crippen molar-refractivity contribution in [1.29, 1.82) is 0 Å². The number of halogens is 1. The van der Waals surface area contributed by atoms with Gasteiger partial charge in [-0.15, -0.1) is 0 Å². The second kappa shape index (κ2) is 6.71. The van der Waals surface area contributed by atoms with Crippen molar-refractivity contribution in [3.05, 3.63) is 22.3 Å². The van der Waals surface area contributed by atoms with Crippen LogP contribution in [0.15, 0.2) is 16.7 Å². The summed E-state index contributed by atoms with van der Waals surface area (Å²) in [7, 11) is 0. The lowest BCUT2D eigenvalue weighted by atomic mass is 9.93. The van der Waals surface area contributed by atoms with E-state index in [2.05, 4.69) is 58.0 Å². The lowest BCUT2D eigenvalue weighted by molar-refractivity contribution is 0.375. The van der Waals surface area contributed by atoms with Crippen LogP contribution in [0.1, 0.15) is 39.2 Å². The van der Waals surface area contributed by atoms with Gasteiger partial charge in [0, 0.05) is 35.4 Å². The van der Waals surface area contributed by atoms with Crippen molar-refractivity contribution < 1.29 is 0 Å². The Morgan fingerprint density at radius 2 is 2.26 bits per heavy atom. The molecule has 1 N–H and O–H groups in total. The monoisotopic (exact) mass is 325 g/mol. The summed E-state index contributed by atoms with van der Waals surface area (Å²) in [6, 6.07) is 2.77. The van der Waals surface area contributed by atoms with Crippen LogP contribution in [0.5, 0.6) is 0 Å². The first-order valence-electron chi connectivity index (χ1n) is 7.23. The smallest absolute Gasteiger partial charge is 0.133 e. The normalized spacial score (nSPS) is 23.7. The number of piperidine rings is 1. The lowest BCUT2D eigenvalue weighted by Gasteiger charge is -2.38. The third-order valence-corrected chi connectivity index (χ3v) is 4.32. The number of hydrogen-bond donors (Lipinski definition) is 1. The number of nitrogens with one attached hydrogen (secondary N) is 1. The molecule has 19 heavy (non-hydrogen) atoms. The summed E-state index contributed by atoms with van der Waals surface area (Å²) < 4.78 is 1.06. The van der Waals surface area contributed by atoms with E-state index < -0.39 is 0 Å². The molecule has 1 saturated heterocycles. The molecule has 2 heterocycles. The van der Waals surface area contributed by atoms with E-state index in [1.807, 2.05) is 6.20 Å². The first-order chi connectivity index (χ1) is 9.11. The summed E-state index contributed by atoms with van der Waals surface area (Å²) in [4.78, 5) is 7.14. The van der Waals surface area contributed by atoms with E-state index in [0.717, 1.165) is 35.8 Å². The second-order valence-electron chi connectivity index (χ2n) is 5.59. The highest BCUT2D eigenvalue weighted by atomic mass is 79.9. The summed E-state index contributed by atoms with van der Waals surface area (Å²) in [5.74, 6) is 1.99. The van der Waals surface area contributed by atoms with E-state index >= 15 is 0 Å². The Bertz CT molecular complexity index is 422. The van der Waals surface area contributed by atoms with E-state index in [9.17, 15) is 0 Å². The Balaban J connectivity index is 2.22. The molecular formula is C15H24BrN3. The largest absolute Gasteiger partial charge is 0.354 e. The highest BCUT2D eigenvalue weighted by molar-refractivity contribution is 9.10. The topological polar surface area (TPSA) is 28.2 Å². The standard InChI is InChI=1S/C15H24BrN3/c1-4-17-9-13-8-14(16)10-18-15(13)19-6-5-11(2)7-12(19)3/h8,10-12,17H,4-7,9H2,1-3H3. The van der Waals surface area contributed by atoms with Gasteiger partial charge in [0.05, 0.1) is 0 Å². The fourth-order valence-electron chi connectivity index (χ4n) is 2.84. The van der Waals surface area contributed by atoms with Crippen molar-refractivity contribution >= 4 is 21.7 Å². The number of hydrogen-bond acceptors (Lipinski definition) is 3. The summed E-state index contributed by atoms with van der Waals surface area (Å²) in [5, 5.41) is 3.41. The molecule has 1 aromatic rings. The molecule has 0 bridgehead atoms. The van der Waals surface area contributed by atoms with Crippen LogP contribution in [0.25, 0.3) is 0 Å². The zero-order chi connectivity index (χ0) is 13.8. The quantitative estimate of drug-likeness (QED) is 0.917. The first-order valence-corrected chi connectivity index (χ1v) is 8.03. The molecule has 3 nitrogen and oxygen atoms in total. The van der Waals surface area contributed by atoms with Crippen LogP contribution >= 0.6 is 15.9 Å². The maximum absolute atomic E-state index is 4.67. The molecule has 1 aliphatic rings. The van der Waals surface area contributed by atoms with Crippen LogP contribution < -0.4 is 10.2 Å². The van der Waals surface area contributed by atoms with Crippen molar-refractivity contribution in [3.63, 3.8) is 0 Å². The van der Waals surface area contributed by atoms with E-state index in [-0.39, 0.29) is 0 Å². The van der Waals surface area contributed by atoms with Crippen molar-refractivity contribution in [2.45, 2.75) is 46.2 Å². The van der Waals surface area contributed by atoms with Crippen LogP contribution in [0, 0.1) is 5.92 Å². The molecule has 0 aromatic carbocycles. The van der Waals surface area contributed by atoms with Gasteiger partial charge in [0.2, 0.25) is 0 Å². The average molecular weight is 326 g/mol. The molecule has 2 unspecified atom stereocenters. The predicted octanol–water partition coefficient (Wildman–Crippen LogP) is 3.58. The van der Waals surface area contributed by atoms with Crippen LogP contribution in [0.3, 0.4) is 0 Å². The molecular weight excluding hydrogens is 302 g/mol. The van der Waals surface area contributed by atoms with Gasteiger partial charge in [0.15, 0.2) is 0 Å². The van der Waals surface area contributed by atoms with Gasteiger partial charge in [-0.05, 0) is 54.2 Å². The SMILES string of the molecule is CCNCc1cc(Br)cnc1N1CCC(C)CC1C. The fourth-order valence-corrected chi connectivity index (χ4v) is 3.22. The molecule has 0 radical (unpaired) electrons. The number of aromatic nitrogens is 1. The van der Waals surface area contributed by atoms with Gasteiger partial charge in [-0.3, -0.25) is 0 Å². The Labute approximate surface area is 124 Å². The highest BCUT2D eigenvalue weighted by Crippen LogP contribution is 2.29. The Kier molecular flexibility index (Phi) is 5.22. The van der Waals surface area contributed by atoms with E-state index in [4.69, 9.17) is 0 Å². The average Bonchev–Trinajstić information content (AvgIpc) is 2.37. The summed E-state index contributed by atoms with van der Waals surface area (Å²) in [6.07, 6.45) is 4.44. The summed E-state index contributed by atoms with van der Waals surface area (Å²) in [6.45, 7) is 9.79. The van der Waals surface area contributed by atoms with Gasteiger partial charge in [-0.2, -0.15) is 0 Å². The molecule has 0 amide bonds. The van der Waals surface area contributed by atoms with Gasteiger partial charge in [-0.25, -0.2) is 4.98 Å². The van der Waals surface area contributed by atoms with Gasteiger partial charge in [0.1, 0.15) is 5.82 Å². The lowest BCUT2D eigenvalue weighted by Crippen LogP contribution is -2.41. The Morgan fingerprint density at radius 1 is 1.47 bits per heavy atom. The molecule has 106 valence electrons. The maximum atomic E-state index is 4.67. The third-order valence-electron chi connectivity index (χ3n) is 3.89. The minimum Gasteiger partial charge on any atom is -0.354 e. The number of anilines is 1.